The Morgan fingerprint density at radius 1 is 1.17 bits per heavy atom. The molecule has 0 radical (unpaired) electrons. The highest BCUT2D eigenvalue weighted by Crippen LogP contribution is 2.20. The van der Waals surface area contributed by atoms with E-state index in [1.807, 2.05) is 31.2 Å². The molecule has 130 valence electrons. The fourth-order valence-corrected chi connectivity index (χ4v) is 3.20. The van der Waals surface area contributed by atoms with Gasteiger partial charge in [0.1, 0.15) is 5.58 Å². The van der Waals surface area contributed by atoms with Crippen molar-refractivity contribution in [1.29, 1.82) is 0 Å². The molecule has 2 heterocycles. The third-order valence-electron chi connectivity index (χ3n) is 4.74. The average molecular weight is 329 g/mol. The largest absolute Gasteiger partial charge is 0.451 e. The fraction of sp³-hybridized carbons (Fsp3) is 0.526. The monoisotopic (exact) mass is 329 g/mol. The predicted octanol–water partition coefficient (Wildman–Crippen LogP) is 2.50. The molecule has 1 N–H and O–H groups in total. The van der Waals surface area contributed by atoms with Gasteiger partial charge in [-0.05, 0) is 44.6 Å². The standard InChI is InChI=1S/C19H27N3O2/c1-3-21-9-11-22(12-10-21)8-4-7-20-19(23)18-14-16-13-15(2)5-6-17(16)24-18/h5-6,13-14H,3-4,7-12H2,1-2H3,(H,20,23). The Kier molecular flexibility index (Phi) is 5.53. The summed E-state index contributed by atoms with van der Waals surface area (Å²) in [5.74, 6) is 0.270. The quantitative estimate of drug-likeness (QED) is 0.827. The van der Waals surface area contributed by atoms with Crippen molar-refractivity contribution in [2.75, 3.05) is 45.8 Å². The SMILES string of the molecule is CCN1CCN(CCCNC(=O)c2cc3cc(C)ccc3o2)CC1. The lowest BCUT2D eigenvalue weighted by Gasteiger charge is -2.33. The summed E-state index contributed by atoms with van der Waals surface area (Å²) in [4.78, 5) is 17.2. The Morgan fingerprint density at radius 2 is 1.92 bits per heavy atom. The lowest BCUT2D eigenvalue weighted by Crippen LogP contribution is -2.46. The molecule has 0 spiro atoms. The number of hydrogen-bond donors (Lipinski definition) is 1. The third-order valence-corrected chi connectivity index (χ3v) is 4.74. The predicted molar refractivity (Wildman–Crippen MR) is 96.5 cm³/mol. The molecule has 0 atom stereocenters. The topological polar surface area (TPSA) is 48.7 Å². The summed E-state index contributed by atoms with van der Waals surface area (Å²) < 4.78 is 5.63. The number of furan rings is 1. The molecule has 5 heteroatoms. The van der Waals surface area contributed by atoms with Gasteiger partial charge in [0.15, 0.2) is 5.76 Å². The number of amides is 1. The number of piperazine rings is 1. The molecule has 1 aromatic heterocycles. The lowest BCUT2D eigenvalue weighted by atomic mass is 10.2. The molecule has 0 saturated carbocycles. The summed E-state index contributed by atoms with van der Waals surface area (Å²) in [6, 6.07) is 7.76. The van der Waals surface area contributed by atoms with E-state index in [1.165, 1.54) is 5.56 Å². The summed E-state index contributed by atoms with van der Waals surface area (Å²) in [6.45, 7) is 11.7. The van der Waals surface area contributed by atoms with E-state index < -0.39 is 0 Å². The van der Waals surface area contributed by atoms with E-state index in [0.29, 0.717) is 12.3 Å². The Morgan fingerprint density at radius 3 is 2.67 bits per heavy atom. The Bertz CT molecular complexity index is 687. The zero-order valence-corrected chi connectivity index (χ0v) is 14.7. The van der Waals surface area contributed by atoms with Gasteiger partial charge in [-0.3, -0.25) is 4.79 Å². The molecule has 0 aliphatic carbocycles. The van der Waals surface area contributed by atoms with E-state index in [-0.39, 0.29) is 5.91 Å². The van der Waals surface area contributed by atoms with Gasteiger partial charge in [0.25, 0.3) is 5.91 Å². The summed E-state index contributed by atoms with van der Waals surface area (Å²) >= 11 is 0. The number of likely N-dealkylation sites (N-methyl/N-ethyl adjacent to an activating group) is 1. The van der Waals surface area contributed by atoms with Crippen molar-refractivity contribution in [2.24, 2.45) is 0 Å². The van der Waals surface area contributed by atoms with E-state index in [4.69, 9.17) is 4.42 Å². The molecule has 1 aliphatic heterocycles. The van der Waals surface area contributed by atoms with Crippen LogP contribution in [0.5, 0.6) is 0 Å². The van der Waals surface area contributed by atoms with Gasteiger partial charge in [0.2, 0.25) is 0 Å². The summed E-state index contributed by atoms with van der Waals surface area (Å²) in [5, 5.41) is 3.94. The number of nitrogens with one attached hydrogen (secondary N) is 1. The summed E-state index contributed by atoms with van der Waals surface area (Å²) in [7, 11) is 0. The number of benzene rings is 1. The van der Waals surface area contributed by atoms with E-state index in [9.17, 15) is 4.79 Å². The maximum absolute atomic E-state index is 12.2. The van der Waals surface area contributed by atoms with Crippen molar-refractivity contribution >= 4 is 16.9 Å². The molecule has 1 aromatic carbocycles. The van der Waals surface area contributed by atoms with Crippen LogP contribution in [0.2, 0.25) is 0 Å². The normalized spacial score (nSPS) is 16.6. The van der Waals surface area contributed by atoms with Gasteiger partial charge >= 0.3 is 0 Å². The number of fused-ring (bicyclic) bond motifs is 1. The van der Waals surface area contributed by atoms with Crippen LogP contribution >= 0.6 is 0 Å². The molecule has 5 nitrogen and oxygen atoms in total. The van der Waals surface area contributed by atoms with Crippen molar-refractivity contribution in [3.8, 4) is 0 Å². The van der Waals surface area contributed by atoms with Crippen LogP contribution in [-0.2, 0) is 0 Å². The molecule has 2 aromatic rings. The highest BCUT2D eigenvalue weighted by molar-refractivity contribution is 5.96. The van der Waals surface area contributed by atoms with Crippen molar-refractivity contribution in [1.82, 2.24) is 15.1 Å². The smallest absolute Gasteiger partial charge is 0.287 e. The highest BCUT2D eigenvalue weighted by atomic mass is 16.3. The van der Waals surface area contributed by atoms with E-state index in [1.54, 1.807) is 0 Å². The minimum Gasteiger partial charge on any atom is -0.451 e. The first kappa shape index (κ1) is 17.0. The number of nitrogens with zero attached hydrogens (tertiary/aromatic N) is 2. The number of rotatable bonds is 6. The molecular formula is C19H27N3O2. The van der Waals surface area contributed by atoms with E-state index in [0.717, 1.165) is 56.7 Å². The molecule has 3 rings (SSSR count). The number of hydrogen-bond acceptors (Lipinski definition) is 4. The fourth-order valence-electron chi connectivity index (χ4n) is 3.20. The van der Waals surface area contributed by atoms with E-state index in [2.05, 4.69) is 22.0 Å². The van der Waals surface area contributed by atoms with Crippen LogP contribution in [0.1, 0.15) is 29.5 Å². The number of carbonyl (C=O) groups excluding carboxylic acids is 1. The van der Waals surface area contributed by atoms with Crippen LogP contribution in [0.15, 0.2) is 28.7 Å². The molecule has 1 aliphatic rings. The maximum Gasteiger partial charge on any atom is 0.287 e. The Balaban J connectivity index is 1.42. The molecule has 24 heavy (non-hydrogen) atoms. The minimum absolute atomic E-state index is 0.125. The summed E-state index contributed by atoms with van der Waals surface area (Å²) in [5.41, 5.74) is 1.93. The van der Waals surface area contributed by atoms with Crippen molar-refractivity contribution in [2.45, 2.75) is 20.3 Å². The first-order valence-electron chi connectivity index (χ1n) is 8.89. The minimum atomic E-state index is -0.125. The van der Waals surface area contributed by atoms with Gasteiger partial charge in [0.05, 0.1) is 0 Å². The van der Waals surface area contributed by atoms with Crippen molar-refractivity contribution in [3.63, 3.8) is 0 Å². The van der Waals surface area contributed by atoms with Gasteiger partial charge in [-0.2, -0.15) is 0 Å². The van der Waals surface area contributed by atoms with Gasteiger partial charge in [0, 0.05) is 38.1 Å². The molecular weight excluding hydrogens is 302 g/mol. The van der Waals surface area contributed by atoms with Gasteiger partial charge in [-0.15, -0.1) is 0 Å². The molecule has 1 fully saturated rings. The average Bonchev–Trinajstić information content (AvgIpc) is 3.02. The molecule has 0 bridgehead atoms. The van der Waals surface area contributed by atoms with Gasteiger partial charge in [-0.1, -0.05) is 18.6 Å². The second-order valence-electron chi connectivity index (χ2n) is 6.54. The first-order valence-corrected chi connectivity index (χ1v) is 8.89. The van der Waals surface area contributed by atoms with Crippen LogP contribution < -0.4 is 5.32 Å². The molecule has 0 unspecified atom stereocenters. The van der Waals surface area contributed by atoms with E-state index >= 15 is 0 Å². The zero-order chi connectivity index (χ0) is 16.9. The third kappa shape index (κ3) is 4.16. The molecule has 1 saturated heterocycles. The zero-order valence-electron chi connectivity index (χ0n) is 14.7. The molecule has 1 amide bonds. The second-order valence-corrected chi connectivity index (χ2v) is 6.54. The van der Waals surface area contributed by atoms with Crippen LogP contribution in [0.4, 0.5) is 0 Å². The maximum atomic E-state index is 12.2. The number of aryl methyl sites for hydroxylation is 1. The van der Waals surface area contributed by atoms with Crippen molar-refractivity contribution in [3.05, 3.63) is 35.6 Å². The van der Waals surface area contributed by atoms with Gasteiger partial charge < -0.3 is 19.5 Å². The Labute approximate surface area is 143 Å². The number of carbonyl (C=O) groups is 1. The van der Waals surface area contributed by atoms with Crippen LogP contribution in [0.3, 0.4) is 0 Å². The lowest BCUT2D eigenvalue weighted by molar-refractivity contribution is 0.0923. The highest BCUT2D eigenvalue weighted by Gasteiger charge is 2.15. The van der Waals surface area contributed by atoms with Crippen molar-refractivity contribution < 1.29 is 9.21 Å². The second kappa shape index (κ2) is 7.81. The van der Waals surface area contributed by atoms with Crippen LogP contribution in [-0.4, -0.2) is 61.5 Å². The van der Waals surface area contributed by atoms with Gasteiger partial charge in [-0.25, -0.2) is 0 Å². The first-order chi connectivity index (χ1) is 11.7. The Hall–Kier alpha value is -1.85. The van der Waals surface area contributed by atoms with Crippen LogP contribution in [0.25, 0.3) is 11.0 Å². The van der Waals surface area contributed by atoms with Crippen LogP contribution in [0, 0.1) is 6.92 Å². The summed E-state index contributed by atoms with van der Waals surface area (Å²) in [6.07, 6.45) is 0.969.